The molecule has 0 saturated carbocycles. The Morgan fingerprint density at radius 3 is 2.87 bits per heavy atom. The van der Waals surface area contributed by atoms with Crippen LogP contribution in [0.15, 0.2) is 36.4 Å². The van der Waals surface area contributed by atoms with Crippen LogP contribution in [0.3, 0.4) is 0 Å². The zero-order valence-electron chi connectivity index (χ0n) is 17.2. The molecule has 1 N–H and O–H groups in total. The number of carbonyl (C=O) groups is 1. The van der Waals surface area contributed by atoms with Gasteiger partial charge in [0.05, 0.1) is 12.2 Å². The lowest BCUT2D eigenvalue weighted by molar-refractivity contribution is -0.127. The second kappa shape index (κ2) is 7.93. The molecule has 1 amide bonds. The number of fused-ring (bicyclic) bond motifs is 1. The van der Waals surface area contributed by atoms with Gasteiger partial charge >= 0.3 is 0 Å². The van der Waals surface area contributed by atoms with Crippen molar-refractivity contribution in [2.45, 2.75) is 45.4 Å². The van der Waals surface area contributed by atoms with Gasteiger partial charge in [-0.3, -0.25) is 4.79 Å². The summed E-state index contributed by atoms with van der Waals surface area (Å²) >= 11 is 0. The third kappa shape index (κ3) is 4.32. The molecule has 162 valence electrons. The van der Waals surface area contributed by atoms with Crippen molar-refractivity contribution in [2.75, 3.05) is 0 Å². The molecule has 0 saturated heterocycles. The molecular weight excluding hydrogens is 408 g/mol. The standard InChI is InChI=1S/C21H21F2N5O3/c1-12(30-17-6-4-5-13-10-21(2,3)31-19(13)17)20(29)24-11-18-25-26-27-28(18)14-7-8-15(22)16(23)9-14/h4-9,12H,10-11H2,1-3H3,(H,24,29). The summed E-state index contributed by atoms with van der Waals surface area (Å²) in [6.45, 7) is 5.57. The van der Waals surface area contributed by atoms with Gasteiger partial charge < -0.3 is 14.8 Å². The van der Waals surface area contributed by atoms with Gasteiger partial charge in [-0.1, -0.05) is 12.1 Å². The molecule has 0 fully saturated rings. The van der Waals surface area contributed by atoms with E-state index in [1.54, 1.807) is 13.0 Å². The Morgan fingerprint density at radius 2 is 2.10 bits per heavy atom. The van der Waals surface area contributed by atoms with Crippen molar-refractivity contribution >= 4 is 5.91 Å². The van der Waals surface area contributed by atoms with Gasteiger partial charge in [0.25, 0.3) is 5.91 Å². The van der Waals surface area contributed by atoms with Crippen molar-refractivity contribution in [3.8, 4) is 17.2 Å². The number of ether oxygens (including phenoxy) is 2. The summed E-state index contributed by atoms with van der Waals surface area (Å²) in [6, 6.07) is 8.88. The predicted molar refractivity (Wildman–Crippen MR) is 106 cm³/mol. The van der Waals surface area contributed by atoms with Crippen molar-refractivity contribution in [3.05, 3.63) is 59.4 Å². The molecule has 0 radical (unpaired) electrons. The molecule has 4 rings (SSSR count). The van der Waals surface area contributed by atoms with E-state index in [0.29, 0.717) is 11.5 Å². The Bertz CT molecular complexity index is 1130. The van der Waals surface area contributed by atoms with Crippen LogP contribution >= 0.6 is 0 Å². The SMILES string of the molecule is CC(Oc1cccc2c1OC(C)(C)C2)C(=O)NCc1nnnn1-c1ccc(F)c(F)c1. The van der Waals surface area contributed by atoms with Gasteiger partial charge in [0.15, 0.2) is 35.1 Å². The molecule has 10 heteroatoms. The molecule has 2 heterocycles. The molecule has 0 spiro atoms. The van der Waals surface area contributed by atoms with E-state index >= 15 is 0 Å². The zero-order chi connectivity index (χ0) is 22.2. The van der Waals surface area contributed by atoms with Gasteiger partial charge in [-0.05, 0) is 49.4 Å². The minimum atomic E-state index is -1.02. The number of aromatic nitrogens is 4. The molecule has 0 bridgehead atoms. The Balaban J connectivity index is 1.41. The molecule has 2 aromatic carbocycles. The topological polar surface area (TPSA) is 91.2 Å². The van der Waals surface area contributed by atoms with Gasteiger partial charge in [-0.2, -0.15) is 4.68 Å². The van der Waals surface area contributed by atoms with Crippen LogP contribution in [0, 0.1) is 11.6 Å². The smallest absolute Gasteiger partial charge is 0.261 e. The number of rotatable bonds is 6. The monoisotopic (exact) mass is 429 g/mol. The number of hydrogen-bond donors (Lipinski definition) is 1. The van der Waals surface area contributed by atoms with Gasteiger partial charge in [-0.15, -0.1) is 5.10 Å². The number of amides is 1. The van der Waals surface area contributed by atoms with E-state index in [0.717, 1.165) is 24.1 Å². The molecule has 0 aliphatic carbocycles. The predicted octanol–water partition coefficient (Wildman–Crippen LogP) is 2.74. The third-order valence-corrected chi connectivity index (χ3v) is 4.83. The molecule has 1 atom stereocenters. The fraction of sp³-hybridized carbons (Fsp3) is 0.333. The number of hydrogen-bond acceptors (Lipinski definition) is 6. The van der Waals surface area contributed by atoms with Crippen LogP contribution in [0.4, 0.5) is 8.78 Å². The molecule has 1 aliphatic heterocycles. The van der Waals surface area contributed by atoms with Crippen LogP contribution in [0.1, 0.15) is 32.2 Å². The number of nitrogens with one attached hydrogen (secondary N) is 1. The van der Waals surface area contributed by atoms with Crippen LogP contribution < -0.4 is 14.8 Å². The zero-order valence-corrected chi connectivity index (χ0v) is 17.2. The molecule has 1 aliphatic rings. The van der Waals surface area contributed by atoms with E-state index in [-0.39, 0.29) is 23.7 Å². The van der Waals surface area contributed by atoms with Gasteiger partial charge in [0, 0.05) is 18.1 Å². The molecule has 3 aromatic rings. The van der Waals surface area contributed by atoms with Crippen molar-refractivity contribution in [1.82, 2.24) is 25.5 Å². The molecular formula is C21H21F2N5O3. The van der Waals surface area contributed by atoms with Crippen molar-refractivity contribution in [1.29, 1.82) is 0 Å². The Kier molecular flexibility index (Phi) is 5.30. The summed E-state index contributed by atoms with van der Waals surface area (Å²) in [5.74, 6) is -0.998. The van der Waals surface area contributed by atoms with Gasteiger partial charge in [0.1, 0.15) is 5.60 Å². The van der Waals surface area contributed by atoms with Crippen LogP contribution in [0.5, 0.6) is 11.5 Å². The summed E-state index contributed by atoms with van der Waals surface area (Å²) < 4.78 is 39.7. The Labute approximate surface area is 177 Å². The average Bonchev–Trinajstić information content (AvgIpc) is 3.31. The van der Waals surface area contributed by atoms with E-state index in [1.165, 1.54) is 10.7 Å². The lowest BCUT2D eigenvalue weighted by Gasteiger charge is -2.20. The van der Waals surface area contributed by atoms with Crippen molar-refractivity contribution in [3.63, 3.8) is 0 Å². The lowest BCUT2D eigenvalue weighted by Crippen LogP contribution is -2.36. The molecule has 8 nitrogen and oxygen atoms in total. The fourth-order valence-electron chi connectivity index (χ4n) is 3.37. The van der Waals surface area contributed by atoms with Crippen LogP contribution in [0.2, 0.25) is 0 Å². The van der Waals surface area contributed by atoms with Crippen molar-refractivity contribution < 1.29 is 23.0 Å². The van der Waals surface area contributed by atoms with E-state index in [4.69, 9.17) is 9.47 Å². The Morgan fingerprint density at radius 1 is 1.29 bits per heavy atom. The first-order valence-corrected chi connectivity index (χ1v) is 9.71. The second-order valence-electron chi connectivity index (χ2n) is 7.87. The lowest BCUT2D eigenvalue weighted by atomic mass is 10.0. The fourth-order valence-corrected chi connectivity index (χ4v) is 3.37. The second-order valence-corrected chi connectivity index (χ2v) is 7.87. The number of para-hydroxylation sites is 1. The first-order valence-electron chi connectivity index (χ1n) is 9.71. The van der Waals surface area contributed by atoms with Gasteiger partial charge in [0.2, 0.25) is 0 Å². The maximum absolute atomic E-state index is 13.5. The summed E-state index contributed by atoms with van der Waals surface area (Å²) in [4.78, 5) is 12.6. The number of halogens is 2. The maximum Gasteiger partial charge on any atom is 0.261 e. The number of benzene rings is 2. The average molecular weight is 429 g/mol. The minimum absolute atomic E-state index is 0.0328. The van der Waals surface area contributed by atoms with Crippen LogP contribution in [-0.4, -0.2) is 37.8 Å². The van der Waals surface area contributed by atoms with E-state index in [1.807, 2.05) is 26.0 Å². The van der Waals surface area contributed by atoms with Gasteiger partial charge in [-0.25, -0.2) is 8.78 Å². The number of carbonyl (C=O) groups excluding carboxylic acids is 1. The minimum Gasteiger partial charge on any atom is -0.483 e. The largest absolute Gasteiger partial charge is 0.483 e. The summed E-state index contributed by atoms with van der Waals surface area (Å²) in [6.07, 6.45) is -0.0568. The van der Waals surface area contributed by atoms with E-state index in [2.05, 4.69) is 20.8 Å². The third-order valence-electron chi connectivity index (χ3n) is 4.83. The highest BCUT2D eigenvalue weighted by molar-refractivity contribution is 5.80. The normalized spacial score (nSPS) is 15.1. The quantitative estimate of drug-likeness (QED) is 0.648. The van der Waals surface area contributed by atoms with E-state index in [9.17, 15) is 13.6 Å². The first-order chi connectivity index (χ1) is 14.7. The highest BCUT2D eigenvalue weighted by atomic mass is 19.2. The van der Waals surface area contributed by atoms with Crippen molar-refractivity contribution in [2.24, 2.45) is 0 Å². The Hall–Kier alpha value is -3.56. The first kappa shape index (κ1) is 20.7. The summed E-state index contributed by atoms with van der Waals surface area (Å²) in [7, 11) is 0. The summed E-state index contributed by atoms with van der Waals surface area (Å²) in [5.41, 5.74) is 0.933. The highest BCUT2D eigenvalue weighted by Gasteiger charge is 2.33. The molecule has 1 unspecified atom stereocenters. The maximum atomic E-state index is 13.5. The number of nitrogens with zero attached hydrogens (tertiary/aromatic N) is 4. The number of tetrazole rings is 1. The molecule has 1 aromatic heterocycles. The van der Waals surface area contributed by atoms with E-state index < -0.39 is 23.6 Å². The van der Waals surface area contributed by atoms with Crippen LogP contribution in [0.25, 0.3) is 5.69 Å². The molecule has 31 heavy (non-hydrogen) atoms. The summed E-state index contributed by atoms with van der Waals surface area (Å²) in [5, 5.41) is 13.8. The highest BCUT2D eigenvalue weighted by Crippen LogP contribution is 2.42. The van der Waals surface area contributed by atoms with Crippen LogP contribution in [-0.2, 0) is 17.8 Å².